The fourth-order valence-corrected chi connectivity index (χ4v) is 2.75. The summed E-state index contributed by atoms with van der Waals surface area (Å²) in [5, 5.41) is 9.64. The maximum Gasteiger partial charge on any atom is 0.196 e. The molecular formula is C16H15N3S. The zero-order valence-electron chi connectivity index (χ0n) is 11.2. The van der Waals surface area contributed by atoms with E-state index in [-0.39, 0.29) is 0 Å². The fourth-order valence-electron chi connectivity index (χ4n) is 2.08. The highest BCUT2D eigenvalue weighted by molar-refractivity contribution is 7.99. The molecule has 0 atom stereocenters. The predicted molar refractivity (Wildman–Crippen MR) is 83.2 cm³/mol. The third kappa shape index (κ3) is 2.47. The molecule has 3 rings (SSSR count). The molecule has 0 amide bonds. The van der Waals surface area contributed by atoms with Gasteiger partial charge in [0.25, 0.3) is 0 Å². The van der Waals surface area contributed by atoms with Crippen LogP contribution in [0.4, 0.5) is 0 Å². The Hall–Kier alpha value is -2.07. The minimum atomic E-state index is 0.882. The van der Waals surface area contributed by atoms with E-state index in [4.69, 9.17) is 0 Å². The summed E-state index contributed by atoms with van der Waals surface area (Å²) in [6.07, 6.45) is 0. The van der Waals surface area contributed by atoms with Crippen molar-refractivity contribution in [3.8, 4) is 17.1 Å². The van der Waals surface area contributed by atoms with Gasteiger partial charge in [-0.2, -0.15) is 0 Å². The van der Waals surface area contributed by atoms with Crippen molar-refractivity contribution in [1.82, 2.24) is 14.8 Å². The Kier molecular flexibility index (Phi) is 3.83. The topological polar surface area (TPSA) is 30.7 Å². The van der Waals surface area contributed by atoms with Crippen LogP contribution in [-0.2, 0) is 0 Å². The highest BCUT2D eigenvalue weighted by atomic mass is 32.2. The SMILES string of the molecule is CCSc1nnc(-c2ccccc2)n1-c1ccccc1. The molecule has 3 aromatic rings. The van der Waals surface area contributed by atoms with Gasteiger partial charge in [-0.1, -0.05) is 67.2 Å². The number of rotatable bonds is 4. The maximum absolute atomic E-state index is 4.37. The number of hydrogen-bond donors (Lipinski definition) is 0. The number of benzene rings is 2. The van der Waals surface area contributed by atoms with Crippen LogP contribution in [0.5, 0.6) is 0 Å². The van der Waals surface area contributed by atoms with E-state index < -0.39 is 0 Å². The van der Waals surface area contributed by atoms with E-state index in [0.29, 0.717) is 0 Å². The standard InChI is InChI=1S/C16H15N3S/c1-2-20-16-18-17-15(13-9-5-3-6-10-13)19(16)14-11-7-4-8-12-14/h3-12H,2H2,1H3. The first kappa shape index (κ1) is 12.9. The number of thioether (sulfide) groups is 1. The quantitative estimate of drug-likeness (QED) is 0.676. The molecular weight excluding hydrogens is 266 g/mol. The van der Waals surface area contributed by atoms with Gasteiger partial charge < -0.3 is 0 Å². The zero-order valence-corrected chi connectivity index (χ0v) is 12.0. The normalized spacial score (nSPS) is 10.7. The second-order valence-electron chi connectivity index (χ2n) is 4.28. The smallest absolute Gasteiger partial charge is 0.196 e. The predicted octanol–water partition coefficient (Wildman–Crippen LogP) is 4.05. The van der Waals surface area contributed by atoms with Crippen molar-refractivity contribution in [3.05, 3.63) is 60.7 Å². The van der Waals surface area contributed by atoms with Crippen LogP contribution < -0.4 is 0 Å². The van der Waals surface area contributed by atoms with Crippen LogP contribution in [0.2, 0.25) is 0 Å². The van der Waals surface area contributed by atoms with Crippen molar-refractivity contribution < 1.29 is 0 Å². The number of nitrogens with zero attached hydrogens (tertiary/aromatic N) is 3. The number of aromatic nitrogens is 3. The van der Waals surface area contributed by atoms with Crippen LogP contribution in [-0.4, -0.2) is 20.5 Å². The molecule has 100 valence electrons. The maximum atomic E-state index is 4.37. The zero-order chi connectivity index (χ0) is 13.8. The van der Waals surface area contributed by atoms with Crippen molar-refractivity contribution in [2.45, 2.75) is 12.1 Å². The molecule has 0 unspecified atom stereocenters. The Morgan fingerprint density at radius 3 is 2.20 bits per heavy atom. The summed E-state index contributed by atoms with van der Waals surface area (Å²) in [5.41, 5.74) is 2.17. The Morgan fingerprint density at radius 1 is 0.900 bits per heavy atom. The first-order chi connectivity index (χ1) is 9.90. The van der Waals surface area contributed by atoms with E-state index in [1.54, 1.807) is 11.8 Å². The van der Waals surface area contributed by atoms with Crippen LogP contribution in [0.3, 0.4) is 0 Å². The van der Waals surface area contributed by atoms with E-state index in [9.17, 15) is 0 Å². The average molecular weight is 281 g/mol. The Bertz CT molecular complexity index is 677. The van der Waals surface area contributed by atoms with E-state index in [1.165, 1.54) is 0 Å². The lowest BCUT2D eigenvalue weighted by molar-refractivity contribution is 0.887. The number of para-hydroxylation sites is 1. The molecule has 0 aliphatic carbocycles. The Morgan fingerprint density at radius 2 is 1.55 bits per heavy atom. The molecule has 3 nitrogen and oxygen atoms in total. The third-order valence-electron chi connectivity index (χ3n) is 2.95. The Balaban J connectivity index is 2.17. The van der Waals surface area contributed by atoms with Gasteiger partial charge >= 0.3 is 0 Å². The summed E-state index contributed by atoms with van der Waals surface area (Å²) in [6, 6.07) is 20.4. The van der Waals surface area contributed by atoms with E-state index in [2.05, 4.69) is 46.0 Å². The van der Waals surface area contributed by atoms with Gasteiger partial charge in [-0.25, -0.2) is 0 Å². The average Bonchev–Trinajstić information content (AvgIpc) is 2.93. The van der Waals surface area contributed by atoms with Crippen molar-refractivity contribution in [2.75, 3.05) is 5.75 Å². The lowest BCUT2D eigenvalue weighted by Gasteiger charge is -2.09. The van der Waals surface area contributed by atoms with Gasteiger partial charge in [0.1, 0.15) is 0 Å². The second kappa shape index (κ2) is 5.92. The molecule has 0 N–H and O–H groups in total. The van der Waals surface area contributed by atoms with Crippen LogP contribution in [0.25, 0.3) is 17.1 Å². The molecule has 0 aliphatic heterocycles. The van der Waals surface area contributed by atoms with E-state index in [1.807, 2.05) is 36.4 Å². The van der Waals surface area contributed by atoms with Crippen molar-refractivity contribution in [2.24, 2.45) is 0 Å². The van der Waals surface area contributed by atoms with Gasteiger partial charge in [0.2, 0.25) is 0 Å². The summed E-state index contributed by atoms with van der Waals surface area (Å²) in [7, 11) is 0. The van der Waals surface area contributed by atoms with Gasteiger partial charge in [-0.05, 0) is 17.9 Å². The molecule has 2 aromatic carbocycles. The monoisotopic (exact) mass is 281 g/mol. The van der Waals surface area contributed by atoms with Gasteiger partial charge in [-0.15, -0.1) is 10.2 Å². The molecule has 0 spiro atoms. The molecule has 0 saturated carbocycles. The molecule has 0 aliphatic rings. The molecule has 4 heteroatoms. The molecule has 20 heavy (non-hydrogen) atoms. The van der Waals surface area contributed by atoms with Gasteiger partial charge in [0.15, 0.2) is 11.0 Å². The summed E-state index contributed by atoms with van der Waals surface area (Å²) < 4.78 is 2.11. The van der Waals surface area contributed by atoms with Gasteiger partial charge in [0, 0.05) is 11.3 Å². The first-order valence-corrected chi connectivity index (χ1v) is 7.57. The van der Waals surface area contributed by atoms with Crippen LogP contribution in [0, 0.1) is 0 Å². The third-order valence-corrected chi connectivity index (χ3v) is 3.76. The molecule has 1 aromatic heterocycles. The van der Waals surface area contributed by atoms with Crippen LogP contribution in [0.15, 0.2) is 65.8 Å². The summed E-state index contributed by atoms with van der Waals surface area (Å²) in [4.78, 5) is 0. The minimum Gasteiger partial charge on any atom is -0.270 e. The lowest BCUT2D eigenvalue weighted by Crippen LogP contribution is -1.99. The van der Waals surface area contributed by atoms with Crippen molar-refractivity contribution in [1.29, 1.82) is 0 Å². The van der Waals surface area contributed by atoms with Gasteiger partial charge in [-0.3, -0.25) is 4.57 Å². The Labute approximate surface area is 122 Å². The molecule has 0 fully saturated rings. The highest BCUT2D eigenvalue weighted by Gasteiger charge is 2.14. The fraction of sp³-hybridized carbons (Fsp3) is 0.125. The minimum absolute atomic E-state index is 0.882. The molecule has 0 bridgehead atoms. The van der Waals surface area contributed by atoms with Crippen molar-refractivity contribution in [3.63, 3.8) is 0 Å². The van der Waals surface area contributed by atoms with Crippen molar-refractivity contribution >= 4 is 11.8 Å². The highest BCUT2D eigenvalue weighted by Crippen LogP contribution is 2.27. The summed E-state index contributed by atoms with van der Waals surface area (Å²) in [6.45, 7) is 2.12. The van der Waals surface area contributed by atoms with E-state index >= 15 is 0 Å². The summed E-state index contributed by atoms with van der Waals surface area (Å²) >= 11 is 1.70. The van der Waals surface area contributed by atoms with Crippen LogP contribution in [0.1, 0.15) is 6.92 Å². The molecule has 1 heterocycles. The lowest BCUT2D eigenvalue weighted by atomic mass is 10.2. The number of hydrogen-bond acceptors (Lipinski definition) is 3. The van der Waals surface area contributed by atoms with Gasteiger partial charge in [0.05, 0.1) is 0 Å². The summed E-state index contributed by atoms with van der Waals surface area (Å²) in [5.74, 6) is 1.85. The largest absolute Gasteiger partial charge is 0.270 e. The van der Waals surface area contributed by atoms with Crippen LogP contribution >= 0.6 is 11.8 Å². The molecule has 0 radical (unpaired) electrons. The first-order valence-electron chi connectivity index (χ1n) is 6.59. The van der Waals surface area contributed by atoms with E-state index in [0.717, 1.165) is 28.0 Å². The second-order valence-corrected chi connectivity index (χ2v) is 5.51. The molecule has 0 saturated heterocycles.